The highest BCUT2D eigenvalue weighted by Gasteiger charge is 2.21. The number of benzene rings is 1. The summed E-state index contributed by atoms with van der Waals surface area (Å²) in [4.78, 5) is 31.7. The number of hydrogen-bond donors (Lipinski definition) is 1. The van der Waals surface area contributed by atoms with Gasteiger partial charge in [0.05, 0.1) is 10.6 Å². The van der Waals surface area contributed by atoms with E-state index in [0.717, 1.165) is 10.4 Å². The zero-order valence-electron chi connectivity index (χ0n) is 15.5. The summed E-state index contributed by atoms with van der Waals surface area (Å²) in [6, 6.07) is 5.74. The molecule has 2 heterocycles. The van der Waals surface area contributed by atoms with E-state index >= 15 is 0 Å². The van der Waals surface area contributed by atoms with Crippen molar-refractivity contribution in [2.75, 3.05) is 5.32 Å². The zero-order chi connectivity index (χ0) is 19.7. The Morgan fingerprint density at radius 2 is 2.15 bits per heavy atom. The maximum absolute atomic E-state index is 13.3. The predicted molar refractivity (Wildman–Crippen MR) is 109 cm³/mol. The summed E-state index contributed by atoms with van der Waals surface area (Å²) >= 11 is 2.71. The van der Waals surface area contributed by atoms with E-state index in [-0.39, 0.29) is 11.5 Å². The van der Waals surface area contributed by atoms with Gasteiger partial charge >= 0.3 is 0 Å². The zero-order valence-corrected chi connectivity index (χ0v) is 17.1. The van der Waals surface area contributed by atoms with Crippen LogP contribution in [0.4, 0.5) is 10.1 Å². The fourth-order valence-electron chi connectivity index (χ4n) is 2.70. The number of amides is 1. The Hall–Kier alpha value is -2.19. The highest BCUT2D eigenvalue weighted by atomic mass is 32.2. The third-order valence-corrected chi connectivity index (χ3v) is 6.50. The van der Waals surface area contributed by atoms with Gasteiger partial charge in [-0.1, -0.05) is 17.8 Å². The Labute approximate surface area is 164 Å². The van der Waals surface area contributed by atoms with Gasteiger partial charge in [0.15, 0.2) is 5.16 Å². The van der Waals surface area contributed by atoms with Crippen molar-refractivity contribution in [2.45, 2.75) is 44.6 Å². The molecule has 0 aliphatic heterocycles. The van der Waals surface area contributed by atoms with E-state index < -0.39 is 11.1 Å². The van der Waals surface area contributed by atoms with Gasteiger partial charge in [-0.3, -0.25) is 14.2 Å². The van der Waals surface area contributed by atoms with Crippen LogP contribution in [-0.2, 0) is 11.3 Å². The van der Waals surface area contributed by atoms with Gasteiger partial charge in [-0.05, 0) is 51.5 Å². The van der Waals surface area contributed by atoms with Gasteiger partial charge in [0.25, 0.3) is 5.56 Å². The molecule has 1 aromatic carbocycles. The first-order chi connectivity index (χ1) is 12.8. The smallest absolute Gasteiger partial charge is 0.263 e. The highest BCUT2D eigenvalue weighted by molar-refractivity contribution is 8.00. The minimum absolute atomic E-state index is 0.0791. The molecule has 2 aromatic heterocycles. The minimum Gasteiger partial charge on any atom is -0.325 e. The second-order valence-corrected chi connectivity index (χ2v) is 8.68. The molecule has 3 aromatic rings. The Balaban J connectivity index is 1.89. The molecule has 27 heavy (non-hydrogen) atoms. The summed E-state index contributed by atoms with van der Waals surface area (Å²) in [7, 11) is 0. The Morgan fingerprint density at radius 1 is 1.41 bits per heavy atom. The van der Waals surface area contributed by atoms with E-state index in [1.165, 1.54) is 41.3 Å². The molecule has 0 radical (unpaired) electrons. The molecule has 1 N–H and O–H groups in total. The van der Waals surface area contributed by atoms with Crippen molar-refractivity contribution in [1.29, 1.82) is 0 Å². The van der Waals surface area contributed by atoms with Crippen molar-refractivity contribution in [1.82, 2.24) is 9.55 Å². The SMILES string of the molecule is CCn1c(S[C@@H](C)C(=O)Nc2cccc(F)c2)nc2sc(C)c(C)c2c1=O. The number of nitrogens with zero attached hydrogens (tertiary/aromatic N) is 2. The van der Waals surface area contributed by atoms with Crippen molar-refractivity contribution in [2.24, 2.45) is 0 Å². The largest absolute Gasteiger partial charge is 0.325 e. The van der Waals surface area contributed by atoms with Crippen LogP contribution in [0.3, 0.4) is 0 Å². The predicted octanol–water partition coefficient (Wildman–Crippen LogP) is 4.35. The van der Waals surface area contributed by atoms with Gasteiger partial charge in [-0.2, -0.15) is 0 Å². The maximum atomic E-state index is 13.3. The Kier molecular flexibility index (Phi) is 5.67. The van der Waals surface area contributed by atoms with Crippen LogP contribution in [0.1, 0.15) is 24.3 Å². The second kappa shape index (κ2) is 7.82. The number of nitrogens with one attached hydrogen (secondary N) is 1. The van der Waals surface area contributed by atoms with Crippen molar-refractivity contribution in [3.63, 3.8) is 0 Å². The third kappa shape index (κ3) is 3.91. The average Bonchev–Trinajstić information content (AvgIpc) is 2.89. The third-order valence-electron chi connectivity index (χ3n) is 4.31. The Morgan fingerprint density at radius 3 is 2.81 bits per heavy atom. The molecule has 1 atom stereocenters. The molecule has 1 amide bonds. The summed E-state index contributed by atoms with van der Waals surface area (Å²) in [5.74, 6) is -0.690. The fraction of sp³-hybridized carbons (Fsp3) is 0.316. The molecular weight excluding hydrogens is 385 g/mol. The molecule has 8 heteroatoms. The van der Waals surface area contributed by atoms with Gasteiger partial charge in [0.1, 0.15) is 10.6 Å². The molecule has 3 rings (SSSR count). The molecule has 5 nitrogen and oxygen atoms in total. The van der Waals surface area contributed by atoms with Crippen molar-refractivity contribution in [3.05, 3.63) is 50.9 Å². The van der Waals surface area contributed by atoms with E-state index in [4.69, 9.17) is 0 Å². The number of rotatable bonds is 5. The van der Waals surface area contributed by atoms with Crippen LogP contribution in [0.15, 0.2) is 34.2 Å². The lowest BCUT2D eigenvalue weighted by Gasteiger charge is -2.15. The van der Waals surface area contributed by atoms with Gasteiger partial charge in [0, 0.05) is 17.1 Å². The number of thiophene rings is 1. The van der Waals surface area contributed by atoms with Crippen LogP contribution >= 0.6 is 23.1 Å². The molecule has 0 spiro atoms. The number of hydrogen-bond acceptors (Lipinski definition) is 5. The number of fused-ring (bicyclic) bond motifs is 1. The van der Waals surface area contributed by atoms with E-state index in [1.807, 2.05) is 20.8 Å². The monoisotopic (exact) mass is 405 g/mol. The molecule has 0 bridgehead atoms. The molecule has 0 fully saturated rings. The summed E-state index contributed by atoms with van der Waals surface area (Å²) in [6.07, 6.45) is 0. The summed E-state index contributed by atoms with van der Waals surface area (Å²) in [5.41, 5.74) is 1.28. The number of carbonyl (C=O) groups excluding carboxylic acids is 1. The lowest BCUT2D eigenvalue weighted by molar-refractivity contribution is -0.115. The summed E-state index contributed by atoms with van der Waals surface area (Å²) in [5, 5.41) is 3.36. The van der Waals surface area contributed by atoms with E-state index in [9.17, 15) is 14.0 Å². The topological polar surface area (TPSA) is 64.0 Å². The van der Waals surface area contributed by atoms with Crippen LogP contribution in [0.5, 0.6) is 0 Å². The maximum Gasteiger partial charge on any atom is 0.263 e. The molecular formula is C19H20FN3O2S2. The van der Waals surface area contributed by atoms with E-state index in [2.05, 4.69) is 10.3 Å². The first-order valence-corrected chi connectivity index (χ1v) is 10.2. The lowest BCUT2D eigenvalue weighted by atomic mass is 10.2. The van der Waals surface area contributed by atoms with Gasteiger partial charge in [-0.25, -0.2) is 9.37 Å². The molecule has 0 saturated heterocycles. The Bertz CT molecular complexity index is 1070. The molecule has 0 aliphatic carbocycles. The quantitative estimate of drug-likeness (QED) is 0.506. The van der Waals surface area contributed by atoms with Gasteiger partial charge in [-0.15, -0.1) is 11.3 Å². The number of anilines is 1. The molecule has 0 saturated carbocycles. The number of carbonyl (C=O) groups is 1. The molecule has 0 aliphatic rings. The number of thioether (sulfide) groups is 1. The summed E-state index contributed by atoms with van der Waals surface area (Å²) in [6.45, 7) is 7.99. The normalized spacial score (nSPS) is 12.3. The summed E-state index contributed by atoms with van der Waals surface area (Å²) < 4.78 is 14.9. The van der Waals surface area contributed by atoms with Crippen molar-refractivity contribution in [3.8, 4) is 0 Å². The second-order valence-electron chi connectivity index (χ2n) is 6.17. The number of aromatic nitrogens is 2. The van der Waals surface area contributed by atoms with Crippen LogP contribution in [0, 0.1) is 19.7 Å². The van der Waals surface area contributed by atoms with Crippen LogP contribution < -0.4 is 10.9 Å². The highest BCUT2D eigenvalue weighted by Crippen LogP contribution is 2.30. The van der Waals surface area contributed by atoms with E-state index in [0.29, 0.717) is 27.6 Å². The average molecular weight is 406 g/mol. The molecule has 142 valence electrons. The van der Waals surface area contributed by atoms with Gasteiger partial charge < -0.3 is 5.32 Å². The number of halogens is 1. The van der Waals surface area contributed by atoms with Crippen LogP contribution in [0.25, 0.3) is 10.2 Å². The first-order valence-electron chi connectivity index (χ1n) is 8.55. The standard InChI is InChI=1S/C19H20FN3O2S2/c1-5-23-18(25)15-10(2)11(3)26-17(15)22-19(23)27-12(4)16(24)21-14-8-6-7-13(20)9-14/h6-9,12H,5H2,1-4H3,(H,21,24)/t12-/m0/s1. The lowest BCUT2D eigenvalue weighted by Crippen LogP contribution is -2.26. The molecule has 0 unspecified atom stereocenters. The van der Waals surface area contributed by atoms with Crippen LogP contribution in [0.2, 0.25) is 0 Å². The van der Waals surface area contributed by atoms with Crippen molar-refractivity contribution >= 4 is 44.9 Å². The first kappa shape index (κ1) is 19.6. The van der Waals surface area contributed by atoms with E-state index in [1.54, 1.807) is 17.6 Å². The number of aryl methyl sites for hydroxylation is 2. The fourth-order valence-corrected chi connectivity index (χ4v) is 4.74. The minimum atomic E-state index is -0.502. The van der Waals surface area contributed by atoms with Crippen molar-refractivity contribution < 1.29 is 9.18 Å². The van der Waals surface area contributed by atoms with Crippen LogP contribution in [-0.4, -0.2) is 20.7 Å². The van der Waals surface area contributed by atoms with Gasteiger partial charge in [0.2, 0.25) is 5.91 Å².